The maximum Gasteiger partial charge on any atom is 0.328 e. The van der Waals surface area contributed by atoms with Gasteiger partial charge < -0.3 is 10.1 Å². The van der Waals surface area contributed by atoms with Gasteiger partial charge in [0.2, 0.25) is 0 Å². The van der Waals surface area contributed by atoms with Crippen molar-refractivity contribution in [3.63, 3.8) is 0 Å². The number of aliphatic hydroxyl groups excluding tert-OH is 1. The van der Waals surface area contributed by atoms with E-state index in [9.17, 15) is 9.59 Å². The first-order valence-corrected chi connectivity index (χ1v) is 5.48. The molecule has 90 valence electrons. The minimum Gasteiger partial charge on any atom is -0.396 e. The Hall–Kier alpha value is -1.88. The molecule has 0 aliphatic rings. The van der Waals surface area contributed by atoms with Crippen LogP contribution in [0, 0.1) is 6.92 Å². The van der Waals surface area contributed by atoms with Gasteiger partial charge in [0.05, 0.1) is 10.9 Å². The Morgan fingerprint density at radius 2 is 2.12 bits per heavy atom. The Bertz CT molecular complexity index is 655. The number of fused-ring (bicyclic) bond motifs is 1. The number of aryl methyl sites for hydroxylation is 1. The Balaban J connectivity index is 2.69. The van der Waals surface area contributed by atoms with Gasteiger partial charge in [0.1, 0.15) is 0 Å². The molecular formula is C12H14N2O3. The number of hydrogen-bond acceptors (Lipinski definition) is 3. The summed E-state index contributed by atoms with van der Waals surface area (Å²) in [6.07, 6.45) is 0.389. The molecule has 1 heterocycles. The van der Waals surface area contributed by atoms with Gasteiger partial charge in [-0.25, -0.2) is 4.79 Å². The number of benzene rings is 1. The molecule has 0 unspecified atom stereocenters. The van der Waals surface area contributed by atoms with Crippen LogP contribution in [-0.4, -0.2) is 21.3 Å². The molecule has 0 bridgehead atoms. The van der Waals surface area contributed by atoms with Crippen molar-refractivity contribution in [2.45, 2.75) is 19.9 Å². The third-order valence-electron chi connectivity index (χ3n) is 2.68. The molecule has 0 aliphatic heterocycles. The van der Waals surface area contributed by atoms with Crippen molar-refractivity contribution in [2.75, 3.05) is 6.61 Å². The molecule has 2 rings (SSSR count). The summed E-state index contributed by atoms with van der Waals surface area (Å²) >= 11 is 0. The predicted octanol–water partition coefficient (Wildman–Crippen LogP) is 0.381. The minimum atomic E-state index is -0.431. The van der Waals surface area contributed by atoms with Crippen molar-refractivity contribution in [2.24, 2.45) is 0 Å². The van der Waals surface area contributed by atoms with Gasteiger partial charge in [-0.1, -0.05) is 11.6 Å². The van der Waals surface area contributed by atoms with Crippen molar-refractivity contribution in [3.05, 3.63) is 44.6 Å². The van der Waals surface area contributed by atoms with E-state index in [1.54, 1.807) is 12.1 Å². The van der Waals surface area contributed by atoms with Crippen LogP contribution < -0.4 is 11.2 Å². The fraction of sp³-hybridized carbons (Fsp3) is 0.333. The monoisotopic (exact) mass is 234 g/mol. The second-order valence-corrected chi connectivity index (χ2v) is 4.01. The van der Waals surface area contributed by atoms with E-state index in [0.717, 1.165) is 10.1 Å². The molecule has 1 aromatic carbocycles. The minimum absolute atomic E-state index is 0.0439. The standard InChI is InChI=1S/C12H14N2O3/c1-8-3-4-10-9(7-8)11(16)14(5-2-6-15)12(17)13-10/h3-4,7,15H,2,5-6H2,1H3,(H,13,17). The third kappa shape index (κ3) is 2.14. The van der Waals surface area contributed by atoms with Crippen LogP contribution in [0.1, 0.15) is 12.0 Å². The second-order valence-electron chi connectivity index (χ2n) is 4.01. The molecule has 0 amide bonds. The highest BCUT2D eigenvalue weighted by molar-refractivity contribution is 5.77. The molecule has 0 aliphatic carbocycles. The van der Waals surface area contributed by atoms with E-state index in [-0.39, 0.29) is 18.7 Å². The zero-order valence-electron chi connectivity index (χ0n) is 9.56. The molecule has 0 spiro atoms. The molecule has 5 heteroatoms. The van der Waals surface area contributed by atoms with Crippen molar-refractivity contribution in [3.8, 4) is 0 Å². The fourth-order valence-corrected chi connectivity index (χ4v) is 1.80. The number of nitrogens with zero attached hydrogens (tertiary/aromatic N) is 1. The lowest BCUT2D eigenvalue weighted by molar-refractivity contribution is 0.278. The molecule has 2 aromatic rings. The van der Waals surface area contributed by atoms with Crippen molar-refractivity contribution in [1.29, 1.82) is 0 Å². The fourth-order valence-electron chi connectivity index (χ4n) is 1.80. The van der Waals surface area contributed by atoms with Gasteiger partial charge in [-0.05, 0) is 25.5 Å². The van der Waals surface area contributed by atoms with Crippen LogP contribution in [0.25, 0.3) is 10.9 Å². The molecule has 0 saturated heterocycles. The van der Waals surface area contributed by atoms with E-state index in [1.807, 2.05) is 13.0 Å². The third-order valence-corrected chi connectivity index (χ3v) is 2.68. The van der Waals surface area contributed by atoms with Crippen LogP contribution in [0.3, 0.4) is 0 Å². The zero-order valence-corrected chi connectivity index (χ0v) is 9.56. The van der Waals surface area contributed by atoms with Gasteiger partial charge in [0.15, 0.2) is 0 Å². The molecule has 0 saturated carbocycles. The Labute approximate surface area is 97.3 Å². The Kier molecular flexibility index (Phi) is 3.10. The topological polar surface area (TPSA) is 75.1 Å². The molecule has 0 fully saturated rings. The van der Waals surface area contributed by atoms with E-state index < -0.39 is 5.69 Å². The summed E-state index contributed by atoms with van der Waals surface area (Å²) in [5.74, 6) is 0. The first-order valence-electron chi connectivity index (χ1n) is 5.48. The number of aromatic amines is 1. The number of aromatic nitrogens is 2. The lowest BCUT2D eigenvalue weighted by atomic mass is 10.2. The van der Waals surface area contributed by atoms with Crippen LogP contribution in [-0.2, 0) is 6.54 Å². The summed E-state index contributed by atoms with van der Waals surface area (Å²) in [5.41, 5.74) is 0.780. The SMILES string of the molecule is Cc1ccc2[nH]c(=O)n(CCCO)c(=O)c2c1. The van der Waals surface area contributed by atoms with Crippen LogP contribution in [0.4, 0.5) is 0 Å². The summed E-state index contributed by atoms with van der Waals surface area (Å²) in [6, 6.07) is 5.32. The van der Waals surface area contributed by atoms with Crippen LogP contribution in [0.15, 0.2) is 27.8 Å². The summed E-state index contributed by atoms with van der Waals surface area (Å²) in [5, 5.41) is 9.24. The van der Waals surface area contributed by atoms with Crippen molar-refractivity contribution >= 4 is 10.9 Å². The number of nitrogens with one attached hydrogen (secondary N) is 1. The predicted molar refractivity (Wildman–Crippen MR) is 65.3 cm³/mol. The quantitative estimate of drug-likeness (QED) is 0.806. The largest absolute Gasteiger partial charge is 0.396 e. The maximum absolute atomic E-state index is 12.1. The van der Waals surface area contributed by atoms with Crippen molar-refractivity contribution in [1.82, 2.24) is 9.55 Å². The molecule has 0 radical (unpaired) electrons. The van der Waals surface area contributed by atoms with Crippen molar-refractivity contribution < 1.29 is 5.11 Å². The molecule has 0 atom stereocenters. The average Bonchev–Trinajstić information content (AvgIpc) is 2.30. The first kappa shape index (κ1) is 11.6. The number of aliphatic hydroxyl groups is 1. The van der Waals surface area contributed by atoms with E-state index >= 15 is 0 Å². The van der Waals surface area contributed by atoms with Gasteiger partial charge in [0, 0.05) is 13.2 Å². The molecule has 2 N–H and O–H groups in total. The van der Waals surface area contributed by atoms with E-state index in [2.05, 4.69) is 4.98 Å². The normalized spacial score (nSPS) is 10.9. The van der Waals surface area contributed by atoms with Gasteiger partial charge >= 0.3 is 5.69 Å². The molecule has 17 heavy (non-hydrogen) atoms. The highest BCUT2D eigenvalue weighted by Crippen LogP contribution is 2.07. The molecule has 1 aromatic heterocycles. The Morgan fingerprint density at radius 3 is 2.82 bits per heavy atom. The summed E-state index contributed by atoms with van der Waals surface area (Å²) in [7, 11) is 0. The van der Waals surface area contributed by atoms with Gasteiger partial charge in [-0.3, -0.25) is 9.36 Å². The lowest BCUT2D eigenvalue weighted by Crippen LogP contribution is -2.35. The molecular weight excluding hydrogens is 220 g/mol. The highest BCUT2D eigenvalue weighted by atomic mass is 16.3. The number of hydrogen-bond donors (Lipinski definition) is 2. The van der Waals surface area contributed by atoms with E-state index in [4.69, 9.17) is 5.11 Å². The summed E-state index contributed by atoms with van der Waals surface area (Å²) < 4.78 is 1.12. The number of rotatable bonds is 3. The van der Waals surface area contributed by atoms with Crippen LogP contribution >= 0.6 is 0 Å². The number of H-pyrrole nitrogens is 1. The lowest BCUT2D eigenvalue weighted by Gasteiger charge is -2.05. The Morgan fingerprint density at radius 1 is 1.35 bits per heavy atom. The first-order chi connectivity index (χ1) is 8.13. The zero-order chi connectivity index (χ0) is 12.4. The van der Waals surface area contributed by atoms with Gasteiger partial charge in [-0.2, -0.15) is 0 Å². The van der Waals surface area contributed by atoms with E-state index in [0.29, 0.717) is 17.3 Å². The van der Waals surface area contributed by atoms with Gasteiger partial charge in [-0.15, -0.1) is 0 Å². The van der Waals surface area contributed by atoms with Crippen LogP contribution in [0.2, 0.25) is 0 Å². The average molecular weight is 234 g/mol. The smallest absolute Gasteiger partial charge is 0.328 e. The van der Waals surface area contributed by atoms with E-state index in [1.165, 1.54) is 0 Å². The summed E-state index contributed by atoms with van der Waals surface area (Å²) in [6.45, 7) is 2.08. The van der Waals surface area contributed by atoms with Gasteiger partial charge in [0.25, 0.3) is 5.56 Å². The second kappa shape index (κ2) is 4.55. The summed E-state index contributed by atoms with van der Waals surface area (Å²) in [4.78, 5) is 26.4. The van der Waals surface area contributed by atoms with Crippen LogP contribution in [0.5, 0.6) is 0 Å². The highest BCUT2D eigenvalue weighted by Gasteiger charge is 2.06. The maximum atomic E-state index is 12.1. The molecule has 5 nitrogen and oxygen atoms in total.